The van der Waals surface area contributed by atoms with Crippen molar-refractivity contribution in [2.75, 3.05) is 0 Å². The van der Waals surface area contributed by atoms with E-state index in [-0.39, 0.29) is 0 Å². The van der Waals surface area contributed by atoms with E-state index in [9.17, 15) is 0 Å². The molecular formula is C11H17N. The maximum absolute atomic E-state index is 3.38. The van der Waals surface area contributed by atoms with Crippen LogP contribution in [0.15, 0.2) is 24.3 Å². The third-order valence-corrected chi connectivity index (χ3v) is 2.12. The highest BCUT2D eigenvalue weighted by Crippen LogP contribution is 2.23. The van der Waals surface area contributed by atoms with E-state index in [0.717, 1.165) is 6.54 Å². The van der Waals surface area contributed by atoms with Crippen molar-refractivity contribution in [2.45, 2.75) is 33.4 Å². The van der Waals surface area contributed by atoms with Gasteiger partial charge in [-0.15, -0.1) is 0 Å². The minimum atomic E-state index is 0.552. The molecule has 2 rings (SSSR count). The monoisotopic (exact) mass is 163 g/mol. The predicted octanol–water partition coefficient (Wildman–Crippen LogP) is 2.88. The Labute approximate surface area is 74.8 Å². The molecule has 0 unspecified atom stereocenters. The Bertz CT molecular complexity index is 243. The fraction of sp³-hybridized carbons (Fsp3) is 0.455. The molecule has 1 aromatic rings. The van der Waals surface area contributed by atoms with Crippen LogP contribution in [0.4, 0.5) is 0 Å². The van der Waals surface area contributed by atoms with Gasteiger partial charge in [-0.05, 0) is 18.1 Å². The molecule has 0 saturated carbocycles. The van der Waals surface area contributed by atoms with Gasteiger partial charge in [-0.3, -0.25) is 0 Å². The maximum Gasteiger partial charge on any atom is 0.0298 e. The Kier molecular flexibility index (Phi) is 3.30. The van der Waals surface area contributed by atoms with Crippen LogP contribution in [-0.2, 0) is 6.54 Å². The third-order valence-electron chi connectivity index (χ3n) is 2.12. The first-order valence-electron chi connectivity index (χ1n) is 4.69. The third kappa shape index (κ3) is 1.67. The normalized spacial score (nSPS) is 19.4. The van der Waals surface area contributed by atoms with E-state index in [2.05, 4.69) is 36.5 Å². The van der Waals surface area contributed by atoms with Crippen LogP contribution in [0.1, 0.15) is 37.9 Å². The number of benzene rings is 1. The van der Waals surface area contributed by atoms with Crippen molar-refractivity contribution in [1.29, 1.82) is 0 Å². The van der Waals surface area contributed by atoms with Crippen LogP contribution in [0.3, 0.4) is 0 Å². The SMILES string of the molecule is CC.C[C@@H]1NCc2ccccc21. The van der Waals surface area contributed by atoms with Gasteiger partial charge in [0.1, 0.15) is 0 Å². The molecule has 66 valence electrons. The molecule has 1 aliphatic rings. The van der Waals surface area contributed by atoms with Gasteiger partial charge in [0.05, 0.1) is 0 Å². The molecule has 0 spiro atoms. The molecule has 12 heavy (non-hydrogen) atoms. The van der Waals surface area contributed by atoms with E-state index in [0.29, 0.717) is 6.04 Å². The molecule has 1 atom stereocenters. The second kappa shape index (κ2) is 4.27. The van der Waals surface area contributed by atoms with E-state index >= 15 is 0 Å². The summed E-state index contributed by atoms with van der Waals surface area (Å²) in [5, 5.41) is 3.38. The lowest BCUT2D eigenvalue weighted by Crippen LogP contribution is -2.06. The van der Waals surface area contributed by atoms with Crippen molar-refractivity contribution < 1.29 is 0 Å². The number of fused-ring (bicyclic) bond motifs is 1. The van der Waals surface area contributed by atoms with Crippen LogP contribution in [0.25, 0.3) is 0 Å². The highest BCUT2D eigenvalue weighted by molar-refractivity contribution is 5.32. The van der Waals surface area contributed by atoms with Crippen LogP contribution in [0.2, 0.25) is 0 Å². The van der Waals surface area contributed by atoms with Gasteiger partial charge in [-0.25, -0.2) is 0 Å². The van der Waals surface area contributed by atoms with Crippen LogP contribution >= 0.6 is 0 Å². The fourth-order valence-corrected chi connectivity index (χ4v) is 1.49. The van der Waals surface area contributed by atoms with Gasteiger partial charge >= 0.3 is 0 Å². The molecule has 1 aromatic carbocycles. The van der Waals surface area contributed by atoms with Gasteiger partial charge < -0.3 is 5.32 Å². The largest absolute Gasteiger partial charge is 0.306 e. The van der Waals surface area contributed by atoms with E-state index in [1.165, 1.54) is 11.1 Å². The smallest absolute Gasteiger partial charge is 0.0298 e. The summed E-state index contributed by atoms with van der Waals surface area (Å²) in [5.41, 5.74) is 2.91. The molecule has 0 radical (unpaired) electrons. The number of hydrogen-bond donors (Lipinski definition) is 1. The molecule has 1 nitrogen and oxygen atoms in total. The topological polar surface area (TPSA) is 12.0 Å². The van der Waals surface area contributed by atoms with Crippen LogP contribution < -0.4 is 5.32 Å². The number of hydrogen-bond acceptors (Lipinski definition) is 1. The zero-order valence-corrected chi connectivity index (χ0v) is 8.09. The molecule has 0 aliphatic carbocycles. The highest BCUT2D eigenvalue weighted by atomic mass is 14.9. The van der Waals surface area contributed by atoms with Crippen LogP contribution in [0, 0.1) is 0 Å². The quantitative estimate of drug-likeness (QED) is 0.620. The average Bonchev–Trinajstić information content (AvgIpc) is 2.53. The minimum Gasteiger partial charge on any atom is -0.306 e. The summed E-state index contributed by atoms with van der Waals surface area (Å²) in [4.78, 5) is 0. The Morgan fingerprint density at radius 2 is 1.92 bits per heavy atom. The first-order valence-corrected chi connectivity index (χ1v) is 4.69. The van der Waals surface area contributed by atoms with Gasteiger partial charge in [0.2, 0.25) is 0 Å². The molecule has 0 saturated heterocycles. The highest BCUT2D eigenvalue weighted by Gasteiger charge is 2.15. The minimum absolute atomic E-state index is 0.552. The molecular weight excluding hydrogens is 146 g/mol. The molecule has 1 heteroatoms. The summed E-state index contributed by atoms with van der Waals surface area (Å²) in [6.45, 7) is 7.24. The lowest BCUT2D eigenvalue weighted by molar-refractivity contribution is 0.633. The van der Waals surface area contributed by atoms with Crippen LogP contribution in [0.5, 0.6) is 0 Å². The van der Waals surface area contributed by atoms with Crippen molar-refractivity contribution in [1.82, 2.24) is 5.32 Å². The zero-order valence-electron chi connectivity index (χ0n) is 8.09. The Morgan fingerprint density at radius 1 is 1.25 bits per heavy atom. The average molecular weight is 163 g/mol. The van der Waals surface area contributed by atoms with Crippen molar-refractivity contribution in [3.05, 3.63) is 35.4 Å². The second-order valence-corrected chi connectivity index (χ2v) is 2.80. The second-order valence-electron chi connectivity index (χ2n) is 2.80. The van der Waals surface area contributed by atoms with E-state index in [1.54, 1.807) is 0 Å². The summed E-state index contributed by atoms with van der Waals surface area (Å²) in [5.74, 6) is 0. The summed E-state index contributed by atoms with van der Waals surface area (Å²) in [6.07, 6.45) is 0. The molecule has 0 aromatic heterocycles. The molecule has 0 bridgehead atoms. The Balaban J connectivity index is 0.000000336. The number of nitrogens with one attached hydrogen (secondary N) is 1. The molecule has 1 N–H and O–H groups in total. The van der Waals surface area contributed by atoms with Crippen molar-refractivity contribution in [2.24, 2.45) is 0 Å². The first-order chi connectivity index (χ1) is 5.88. The van der Waals surface area contributed by atoms with Crippen molar-refractivity contribution >= 4 is 0 Å². The zero-order chi connectivity index (χ0) is 8.97. The van der Waals surface area contributed by atoms with Gasteiger partial charge in [-0.2, -0.15) is 0 Å². The summed E-state index contributed by atoms with van der Waals surface area (Å²) in [6, 6.07) is 9.13. The predicted molar refractivity (Wildman–Crippen MR) is 53.0 cm³/mol. The number of rotatable bonds is 0. The maximum atomic E-state index is 3.38. The fourth-order valence-electron chi connectivity index (χ4n) is 1.49. The van der Waals surface area contributed by atoms with Gasteiger partial charge in [0.25, 0.3) is 0 Å². The Hall–Kier alpha value is -0.820. The Morgan fingerprint density at radius 3 is 2.58 bits per heavy atom. The van der Waals surface area contributed by atoms with Gasteiger partial charge in [0.15, 0.2) is 0 Å². The van der Waals surface area contributed by atoms with Crippen molar-refractivity contribution in [3.63, 3.8) is 0 Å². The molecule has 0 amide bonds. The summed E-state index contributed by atoms with van der Waals surface area (Å²) in [7, 11) is 0. The van der Waals surface area contributed by atoms with Gasteiger partial charge in [-0.1, -0.05) is 38.1 Å². The lowest BCUT2D eigenvalue weighted by Gasteiger charge is -2.01. The van der Waals surface area contributed by atoms with Crippen molar-refractivity contribution in [3.8, 4) is 0 Å². The van der Waals surface area contributed by atoms with E-state index in [4.69, 9.17) is 0 Å². The molecule has 1 aliphatic heterocycles. The first kappa shape index (κ1) is 9.27. The van der Waals surface area contributed by atoms with Crippen LogP contribution in [-0.4, -0.2) is 0 Å². The summed E-state index contributed by atoms with van der Waals surface area (Å²) >= 11 is 0. The lowest BCUT2D eigenvalue weighted by atomic mass is 10.1. The van der Waals surface area contributed by atoms with Gasteiger partial charge in [0, 0.05) is 12.6 Å². The molecule has 0 fully saturated rings. The van der Waals surface area contributed by atoms with E-state index < -0.39 is 0 Å². The molecule has 1 heterocycles. The van der Waals surface area contributed by atoms with E-state index in [1.807, 2.05) is 13.8 Å². The standard InChI is InChI=1S/C9H11N.C2H6/c1-7-9-5-3-2-4-8(9)6-10-7;1-2/h2-5,7,10H,6H2,1H3;1-2H3/t7-;/m0./s1. The summed E-state index contributed by atoms with van der Waals surface area (Å²) < 4.78 is 0.